The van der Waals surface area contributed by atoms with Crippen LogP contribution in [0, 0.1) is 0 Å². The molecule has 7 nitrogen and oxygen atoms in total. The Labute approximate surface area is 188 Å². The standard InChI is InChI=1S/C23H30ClN5O2/c1-16(29-10-3-2-4-11-29)22(30)28-15-20(18-6-5-7-19(24)12-18)23(31)27-14-17-8-9-21(25)26-13-17/h5-9,12-13,16,20H,2-4,10-11,14-15H2,1H3,(H2,25,26)(H,27,31)(H,28,30)/t16?,20-/m0/s1. The number of halogens is 1. The number of hydrogen-bond acceptors (Lipinski definition) is 5. The minimum absolute atomic E-state index is 0.0653. The number of aromatic nitrogens is 1. The van der Waals surface area contributed by atoms with Crippen LogP contribution in [-0.4, -0.2) is 47.4 Å². The van der Waals surface area contributed by atoms with E-state index in [-0.39, 0.29) is 24.4 Å². The Hall–Kier alpha value is -2.64. The first-order chi connectivity index (χ1) is 14.9. The molecule has 1 aromatic heterocycles. The molecule has 1 unspecified atom stereocenters. The van der Waals surface area contributed by atoms with Crippen LogP contribution in [0.1, 0.15) is 43.2 Å². The largest absolute Gasteiger partial charge is 0.384 e. The van der Waals surface area contributed by atoms with Gasteiger partial charge in [-0.2, -0.15) is 0 Å². The number of amides is 2. The Bertz CT molecular complexity index is 884. The van der Waals surface area contributed by atoms with E-state index >= 15 is 0 Å². The van der Waals surface area contributed by atoms with Gasteiger partial charge in [-0.05, 0) is 62.2 Å². The number of carbonyl (C=O) groups excluding carboxylic acids is 2. The summed E-state index contributed by atoms with van der Waals surface area (Å²) in [4.78, 5) is 32.0. The van der Waals surface area contributed by atoms with Crippen molar-refractivity contribution in [2.45, 2.75) is 44.7 Å². The van der Waals surface area contributed by atoms with E-state index in [1.165, 1.54) is 6.42 Å². The molecule has 2 amide bonds. The van der Waals surface area contributed by atoms with E-state index in [0.717, 1.165) is 37.1 Å². The van der Waals surface area contributed by atoms with Gasteiger partial charge in [-0.25, -0.2) is 4.98 Å². The fourth-order valence-corrected chi connectivity index (χ4v) is 3.96. The highest BCUT2D eigenvalue weighted by Crippen LogP contribution is 2.20. The summed E-state index contributed by atoms with van der Waals surface area (Å²) in [5.74, 6) is -0.384. The lowest BCUT2D eigenvalue weighted by molar-refractivity contribution is -0.126. The molecule has 4 N–H and O–H groups in total. The number of piperidine rings is 1. The first kappa shape index (κ1) is 23.0. The van der Waals surface area contributed by atoms with Crippen molar-refractivity contribution >= 4 is 29.2 Å². The van der Waals surface area contributed by atoms with Gasteiger partial charge in [-0.15, -0.1) is 0 Å². The van der Waals surface area contributed by atoms with Gasteiger partial charge in [0.25, 0.3) is 0 Å². The minimum Gasteiger partial charge on any atom is -0.384 e. The van der Waals surface area contributed by atoms with Gasteiger partial charge in [0.15, 0.2) is 0 Å². The second-order valence-corrected chi connectivity index (χ2v) is 8.37. The summed E-state index contributed by atoms with van der Waals surface area (Å²) in [6, 6.07) is 10.5. The predicted octanol–water partition coefficient (Wildman–Crippen LogP) is 2.71. The van der Waals surface area contributed by atoms with Crippen molar-refractivity contribution in [3.05, 3.63) is 58.7 Å². The van der Waals surface area contributed by atoms with Gasteiger partial charge < -0.3 is 16.4 Å². The van der Waals surface area contributed by atoms with Crippen molar-refractivity contribution in [2.24, 2.45) is 0 Å². The van der Waals surface area contributed by atoms with E-state index < -0.39 is 5.92 Å². The third-order valence-electron chi connectivity index (χ3n) is 5.68. The summed E-state index contributed by atoms with van der Waals surface area (Å²) >= 11 is 6.15. The number of anilines is 1. The van der Waals surface area contributed by atoms with Crippen LogP contribution in [0.3, 0.4) is 0 Å². The maximum absolute atomic E-state index is 13.0. The molecule has 31 heavy (non-hydrogen) atoms. The van der Waals surface area contributed by atoms with E-state index in [0.29, 0.717) is 17.4 Å². The van der Waals surface area contributed by atoms with Gasteiger partial charge in [0.05, 0.1) is 12.0 Å². The van der Waals surface area contributed by atoms with Crippen LogP contribution in [0.15, 0.2) is 42.6 Å². The zero-order chi connectivity index (χ0) is 22.2. The Morgan fingerprint density at radius 1 is 1.13 bits per heavy atom. The zero-order valence-corrected chi connectivity index (χ0v) is 18.6. The van der Waals surface area contributed by atoms with Crippen molar-refractivity contribution < 1.29 is 9.59 Å². The maximum atomic E-state index is 13.0. The minimum atomic E-state index is -0.557. The monoisotopic (exact) mass is 443 g/mol. The van der Waals surface area contributed by atoms with Crippen LogP contribution >= 0.6 is 11.6 Å². The first-order valence-electron chi connectivity index (χ1n) is 10.7. The molecule has 8 heteroatoms. The zero-order valence-electron chi connectivity index (χ0n) is 17.8. The molecule has 1 aliphatic heterocycles. The lowest BCUT2D eigenvalue weighted by Crippen LogP contribution is -2.48. The highest BCUT2D eigenvalue weighted by molar-refractivity contribution is 6.30. The molecule has 166 valence electrons. The van der Waals surface area contributed by atoms with Crippen molar-refractivity contribution in [2.75, 3.05) is 25.4 Å². The molecule has 1 fully saturated rings. The normalized spacial score (nSPS) is 16.3. The van der Waals surface area contributed by atoms with Crippen LogP contribution in [0.5, 0.6) is 0 Å². The highest BCUT2D eigenvalue weighted by Gasteiger charge is 2.26. The number of likely N-dealkylation sites (tertiary alicyclic amines) is 1. The van der Waals surface area contributed by atoms with Gasteiger partial charge >= 0.3 is 0 Å². The third kappa shape index (κ3) is 6.67. The number of nitrogens with one attached hydrogen (secondary N) is 2. The fraction of sp³-hybridized carbons (Fsp3) is 0.435. The molecule has 2 aromatic rings. The Morgan fingerprint density at radius 2 is 1.90 bits per heavy atom. The van der Waals surface area contributed by atoms with Gasteiger partial charge in [-0.3, -0.25) is 14.5 Å². The van der Waals surface area contributed by atoms with Crippen LogP contribution in [-0.2, 0) is 16.1 Å². The number of nitrogens with zero attached hydrogens (tertiary/aromatic N) is 2. The van der Waals surface area contributed by atoms with Crippen molar-refractivity contribution in [3.63, 3.8) is 0 Å². The molecule has 0 spiro atoms. The van der Waals surface area contributed by atoms with Gasteiger partial charge in [-0.1, -0.05) is 36.2 Å². The van der Waals surface area contributed by atoms with Gasteiger partial charge in [0.2, 0.25) is 11.8 Å². The lowest BCUT2D eigenvalue weighted by atomic mass is 9.97. The van der Waals surface area contributed by atoms with E-state index in [1.807, 2.05) is 19.1 Å². The fourth-order valence-electron chi connectivity index (χ4n) is 3.76. The third-order valence-corrected chi connectivity index (χ3v) is 5.92. The summed E-state index contributed by atoms with van der Waals surface area (Å²) in [6.45, 7) is 4.30. The molecule has 0 radical (unpaired) electrons. The number of nitrogen functional groups attached to an aromatic ring is 1. The summed E-state index contributed by atoms with van der Waals surface area (Å²) in [5.41, 5.74) is 7.21. The maximum Gasteiger partial charge on any atom is 0.237 e. The van der Waals surface area contributed by atoms with Gasteiger partial charge in [0.1, 0.15) is 5.82 Å². The van der Waals surface area contributed by atoms with Crippen molar-refractivity contribution in [1.82, 2.24) is 20.5 Å². The topological polar surface area (TPSA) is 100 Å². The average molecular weight is 444 g/mol. The van der Waals surface area contributed by atoms with Crippen LogP contribution in [0.25, 0.3) is 0 Å². The number of benzene rings is 1. The molecule has 0 saturated carbocycles. The molecule has 2 atom stereocenters. The van der Waals surface area contributed by atoms with Crippen LogP contribution in [0.2, 0.25) is 5.02 Å². The predicted molar refractivity (Wildman–Crippen MR) is 123 cm³/mol. The van der Waals surface area contributed by atoms with E-state index in [1.54, 1.807) is 30.5 Å². The van der Waals surface area contributed by atoms with Crippen molar-refractivity contribution in [1.29, 1.82) is 0 Å². The molecule has 3 rings (SSSR count). The molecular weight excluding hydrogens is 414 g/mol. The summed E-state index contributed by atoms with van der Waals surface area (Å²) in [7, 11) is 0. The quantitative estimate of drug-likeness (QED) is 0.582. The van der Waals surface area contributed by atoms with Crippen LogP contribution in [0.4, 0.5) is 5.82 Å². The van der Waals surface area contributed by atoms with E-state index in [4.69, 9.17) is 17.3 Å². The van der Waals surface area contributed by atoms with Crippen molar-refractivity contribution in [3.8, 4) is 0 Å². The second-order valence-electron chi connectivity index (χ2n) is 7.93. The number of rotatable bonds is 8. The Balaban J connectivity index is 1.65. The number of hydrogen-bond donors (Lipinski definition) is 3. The Kier molecular flexibility index (Phi) is 8.26. The molecule has 0 bridgehead atoms. The highest BCUT2D eigenvalue weighted by atomic mass is 35.5. The second kappa shape index (κ2) is 11.1. The summed E-state index contributed by atoms with van der Waals surface area (Å²) in [6.07, 6.45) is 5.08. The molecular formula is C23H30ClN5O2. The number of pyridine rings is 1. The summed E-state index contributed by atoms with van der Waals surface area (Å²) < 4.78 is 0. The smallest absolute Gasteiger partial charge is 0.237 e. The molecule has 1 aromatic carbocycles. The Morgan fingerprint density at radius 3 is 2.58 bits per heavy atom. The van der Waals surface area contributed by atoms with E-state index in [2.05, 4.69) is 20.5 Å². The first-order valence-corrected chi connectivity index (χ1v) is 11.1. The molecule has 1 saturated heterocycles. The summed E-state index contributed by atoms with van der Waals surface area (Å²) in [5, 5.41) is 6.45. The molecule has 2 heterocycles. The molecule has 0 aliphatic carbocycles. The number of nitrogens with two attached hydrogens (primary N) is 1. The van der Waals surface area contributed by atoms with Crippen LogP contribution < -0.4 is 16.4 Å². The van der Waals surface area contributed by atoms with Gasteiger partial charge in [0, 0.05) is 24.3 Å². The average Bonchev–Trinajstić information content (AvgIpc) is 2.79. The number of carbonyl (C=O) groups is 2. The van der Waals surface area contributed by atoms with E-state index in [9.17, 15) is 9.59 Å². The molecule has 1 aliphatic rings. The lowest BCUT2D eigenvalue weighted by Gasteiger charge is -2.31. The SMILES string of the molecule is CC(C(=O)NC[C@H](C(=O)NCc1ccc(N)nc1)c1cccc(Cl)c1)N1CCCCC1.